The molecule has 0 aromatic carbocycles. The number of hydrogen-bond donors (Lipinski definition) is 2. The molecule has 0 aromatic heterocycles. The fourth-order valence-corrected chi connectivity index (χ4v) is 2.75. The summed E-state index contributed by atoms with van der Waals surface area (Å²) in [7, 11) is 0. The Morgan fingerprint density at radius 2 is 2.00 bits per heavy atom. The van der Waals surface area contributed by atoms with Gasteiger partial charge in [0.2, 0.25) is 0 Å². The first-order valence-electron chi connectivity index (χ1n) is 6.96. The number of aliphatic hydroxyl groups is 1. The van der Waals surface area contributed by atoms with Gasteiger partial charge in [0.15, 0.2) is 0 Å². The Bertz CT molecular complexity index is 249. The minimum absolute atomic E-state index is 0.0982. The highest BCUT2D eigenvalue weighted by Gasteiger charge is 2.26. The van der Waals surface area contributed by atoms with Crippen LogP contribution in [0, 0.1) is 5.92 Å². The lowest BCUT2D eigenvalue weighted by atomic mass is 9.89. The van der Waals surface area contributed by atoms with Gasteiger partial charge in [-0.1, -0.05) is 31.4 Å². The first-order chi connectivity index (χ1) is 8.25. The topological polar surface area (TPSA) is 41.5 Å². The molecule has 2 aliphatic rings. The van der Waals surface area contributed by atoms with Crippen molar-refractivity contribution < 1.29 is 9.84 Å². The molecule has 3 atom stereocenters. The molecule has 1 aliphatic heterocycles. The van der Waals surface area contributed by atoms with Gasteiger partial charge in [0.1, 0.15) is 0 Å². The van der Waals surface area contributed by atoms with Crippen LogP contribution in [-0.2, 0) is 4.74 Å². The lowest BCUT2D eigenvalue weighted by Crippen LogP contribution is -2.43. The van der Waals surface area contributed by atoms with E-state index in [1.807, 2.05) is 0 Å². The summed E-state index contributed by atoms with van der Waals surface area (Å²) in [5.41, 5.74) is 0. The number of ether oxygens (including phenoxy) is 1. The van der Waals surface area contributed by atoms with E-state index < -0.39 is 0 Å². The third kappa shape index (κ3) is 4.09. The summed E-state index contributed by atoms with van der Waals surface area (Å²) in [6.07, 6.45) is 11.1. The molecule has 1 heterocycles. The Kier molecular flexibility index (Phi) is 5.01. The Balaban J connectivity index is 1.72. The van der Waals surface area contributed by atoms with Gasteiger partial charge in [-0.3, -0.25) is 0 Å². The van der Waals surface area contributed by atoms with Crippen molar-refractivity contribution in [1.82, 2.24) is 5.32 Å². The first-order valence-corrected chi connectivity index (χ1v) is 6.96. The summed E-state index contributed by atoms with van der Waals surface area (Å²) in [6, 6.07) is 0.416. The molecule has 0 spiro atoms. The minimum Gasteiger partial charge on any atom is -0.389 e. The molecule has 1 aliphatic carbocycles. The molecular formula is C14H25NO2. The van der Waals surface area contributed by atoms with Crippen molar-refractivity contribution in [3.8, 4) is 0 Å². The van der Waals surface area contributed by atoms with E-state index in [4.69, 9.17) is 4.74 Å². The quantitative estimate of drug-likeness (QED) is 0.736. The summed E-state index contributed by atoms with van der Waals surface area (Å²) >= 11 is 0. The summed E-state index contributed by atoms with van der Waals surface area (Å²) in [4.78, 5) is 0. The molecule has 0 amide bonds. The van der Waals surface area contributed by atoms with Crippen LogP contribution in [0.3, 0.4) is 0 Å². The maximum Gasteiger partial charge on any atom is 0.0948 e. The van der Waals surface area contributed by atoms with Crippen molar-refractivity contribution in [3.63, 3.8) is 0 Å². The molecule has 3 heteroatoms. The largest absolute Gasteiger partial charge is 0.389 e. The Hall–Kier alpha value is -0.380. The Morgan fingerprint density at radius 3 is 2.65 bits per heavy atom. The average molecular weight is 239 g/mol. The maximum atomic E-state index is 9.64. The van der Waals surface area contributed by atoms with Crippen molar-refractivity contribution in [2.45, 2.75) is 57.2 Å². The standard InChI is InChI=1S/C14H25NO2/c1-11(15-13-9-17-10-14(13)16)7-8-12-5-3-2-4-6-12/h7-8,11-16H,2-6,9-10H2,1H3/t11?,13-,14-/m1/s1. The number of aliphatic hydroxyl groups excluding tert-OH is 1. The smallest absolute Gasteiger partial charge is 0.0948 e. The van der Waals surface area contributed by atoms with Gasteiger partial charge in [-0.2, -0.15) is 0 Å². The molecule has 0 bridgehead atoms. The summed E-state index contributed by atoms with van der Waals surface area (Å²) in [5, 5.41) is 13.0. The normalized spacial score (nSPS) is 33.3. The van der Waals surface area contributed by atoms with E-state index in [0.717, 1.165) is 5.92 Å². The van der Waals surface area contributed by atoms with Gasteiger partial charge in [-0.15, -0.1) is 0 Å². The van der Waals surface area contributed by atoms with E-state index in [1.165, 1.54) is 32.1 Å². The molecule has 1 saturated heterocycles. The molecule has 2 N–H and O–H groups in total. The zero-order chi connectivity index (χ0) is 12.1. The fourth-order valence-electron chi connectivity index (χ4n) is 2.75. The van der Waals surface area contributed by atoms with Crippen LogP contribution >= 0.6 is 0 Å². The van der Waals surface area contributed by atoms with E-state index in [2.05, 4.69) is 24.4 Å². The zero-order valence-corrected chi connectivity index (χ0v) is 10.8. The third-order valence-electron chi connectivity index (χ3n) is 3.85. The molecule has 1 saturated carbocycles. The SMILES string of the molecule is CC(C=CC1CCCCC1)N[C@@H]1COC[C@H]1O. The molecule has 0 radical (unpaired) electrons. The fraction of sp³-hybridized carbons (Fsp3) is 0.857. The number of rotatable bonds is 4. The van der Waals surface area contributed by atoms with Crippen LogP contribution in [0.1, 0.15) is 39.0 Å². The van der Waals surface area contributed by atoms with Gasteiger partial charge >= 0.3 is 0 Å². The van der Waals surface area contributed by atoms with Crippen molar-refractivity contribution in [1.29, 1.82) is 0 Å². The van der Waals surface area contributed by atoms with Gasteiger partial charge in [0.05, 0.1) is 25.4 Å². The maximum absolute atomic E-state index is 9.64. The molecular weight excluding hydrogens is 214 g/mol. The van der Waals surface area contributed by atoms with Gasteiger partial charge in [-0.05, 0) is 25.7 Å². The van der Waals surface area contributed by atoms with Crippen molar-refractivity contribution >= 4 is 0 Å². The van der Waals surface area contributed by atoms with Crippen molar-refractivity contribution in [2.75, 3.05) is 13.2 Å². The summed E-state index contributed by atoms with van der Waals surface area (Å²) in [6.45, 7) is 3.24. The lowest BCUT2D eigenvalue weighted by Gasteiger charge is -2.21. The van der Waals surface area contributed by atoms with Crippen LogP contribution in [0.4, 0.5) is 0 Å². The molecule has 98 valence electrons. The second-order valence-electron chi connectivity index (χ2n) is 5.45. The van der Waals surface area contributed by atoms with E-state index in [9.17, 15) is 5.11 Å². The van der Waals surface area contributed by atoms with Crippen molar-refractivity contribution in [2.24, 2.45) is 5.92 Å². The van der Waals surface area contributed by atoms with E-state index in [-0.39, 0.29) is 12.1 Å². The minimum atomic E-state index is -0.347. The lowest BCUT2D eigenvalue weighted by molar-refractivity contribution is 0.122. The van der Waals surface area contributed by atoms with E-state index in [0.29, 0.717) is 19.3 Å². The van der Waals surface area contributed by atoms with Crippen LogP contribution in [0.2, 0.25) is 0 Å². The number of allylic oxidation sites excluding steroid dienone is 1. The highest BCUT2D eigenvalue weighted by molar-refractivity contribution is 4.97. The average Bonchev–Trinajstić information content (AvgIpc) is 2.74. The monoisotopic (exact) mass is 239 g/mol. The molecule has 0 aromatic rings. The Labute approximate surface area is 104 Å². The highest BCUT2D eigenvalue weighted by Crippen LogP contribution is 2.24. The predicted molar refractivity (Wildman–Crippen MR) is 68.9 cm³/mol. The number of nitrogens with one attached hydrogen (secondary N) is 1. The summed E-state index contributed by atoms with van der Waals surface area (Å²) < 4.78 is 5.23. The van der Waals surface area contributed by atoms with Crippen LogP contribution in [0.5, 0.6) is 0 Å². The Morgan fingerprint density at radius 1 is 1.24 bits per heavy atom. The molecule has 3 nitrogen and oxygen atoms in total. The van der Waals surface area contributed by atoms with Gasteiger partial charge < -0.3 is 15.2 Å². The second kappa shape index (κ2) is 6.53. The van der Waals surface area contributed by atoms with Crippen LogP contribution in [-0.4, -0.2) is 36.5 Å². The first kappa shape index (κ1) is 13.1. The third-order valence-corrected chi connectivity index (χ3v) is 3.85. The van der Waals surface area contributed by atoms with Gasteiger partial charge in [-0.25, -0.2) is 0 Å². The second-order valence-corrected chi connectivity index (χ2v) is 5.45. The van der Waals surface area contributed by atoms with E-state index in [1.54, 1.807) is 0 Å². The van der Waals surface area contributed by atoms with E-state index >= 15 is 0 Å². The number of hydrogen-bond acceptors (Lipinski definition) is 3. The van der Waals surface area contributed by atoms with Gasteiger partial charge in [0, 0.05) is 6.04 Å². The van der Waals surface area contributed by atoms with Crippen molar-refractivity contribution in [3.05, 3.63) is 12.2 Å². The molecule has 2 fully saturated rings. The highest BCUT2D eigenvalue weighted by atomic mass is 16.5. The predicted octanol–water partition coefficient (Wildman–Crippen LogP) is 1.86. The zero-order valence-electron chi connectivity index (χ0n) is 10.8. The summed E-state index contributed by atoms with van der Waals surface area (Å²) in [5.74, 6) is 0.776. The van der Waals surface area contributed by atoms with Crippen LogP contribution in [0.25, 0.3) is 0 Å². The van der Waals surface area contributed by atoms with Gasteiger partial charge in [0.25, 0.3) is 0 Å². The van der Waals surface area contributed by atoms with Crippen LogP contribution in [0.15, 0.2) is 12.2 Å². The molecule has 2 rings (SSSR count). The molecule has 17 heavy (non-hydrogen) atoms. The van der Waals surface area contributed by atoms with Crippen LogP contribution < -0.4 is 5.32 Å². The molecule has 1 unspecified atom stereocenters.